The van der Waals surface area contributed by atoms with Gasteiger partial charge in [-0.3, -0.25) is 0 Å². The summed E-state index contributed by atoms with van der Waals surface area (Å²) in [6, 6.07) is 0.886. The molecule has 0 aromatic carbocycles. The molecular weight excluding hydrogens is 210 g/mol. The van der Waals surface area contributed by atoms with Crippen LogP contribution in [0, 0.1) is 5.92 Å². The van der Waals surface area contributed by atoms with Crippen LogP contribution in [0.5, 0.6) is 0 Å². The fraction of sp³-hybridized carbons (Fsp3) is 1.00. The lowest BCUT2D eigenvalue weighted by Gasteiger charge is -2.35. The average Bonchev–Trinajstić information content (AvgIpc) is 2.86. The van der Waals surface area contributed by atoms with Gasteiger partial charge in [-0.2, -0.15) is 0 Å². The molecule has 2 N–H and O–H groups in total. The van der Waals surface area contributed by atoms with E-state index in [0.29, 0.717) is 0 Å². The van der Waals surface area contributed by atoms with E-state index in [4.69, 9.17) is 5.73 Å². The molecule has 1 aliphatic carbocycles. The Kier molecular flexibility index (Phi) is 5.26. The summed E-state index contributed by atoms with van der Waals surface area (Å²) in [5, 5.41) is 0. The van der Waals surface area contributed by atoms with Crippen LogP contribution in [0.1, 0.15) is 38.5 Å². The molecule has 17 heavy (non-hydrogen) atoms. The zero-order valence-corrected chi connectivity index (χ0v) is 11.4. The van der Waals surface area contributed by atoms with Gasteiger partial charge < -0.3 is 15.5 Å². The fourth-order valence-electron chi connectivity index (χ4n) is 3.48. The number of nitrogens with zero attached hydrogens (tertiary/aromatic N) is 2. The van der Waals surface area contributed by atoms with Crippen molar-refractivity contribution in [2.75, 3.05) is 39.8 Å². The van der Waals surface area contributed by atoms with Crippen molar-refractivity contribution in [3.8, 4) is 0 Å². The fourth-order valence-corrected chi connectivity index (χ4v) is 3.48. The van der Waals surface area contributed by atoms with E-state index in [1.807, 2.05) is 0 Å². The Hall–Kier alpha value is -0.120. The summed E-state index contributed by atoms with van der Waals surface area (Å²) in [4.78, 5) is 5.16. The van der Waals surface area contributed by atoms with Gasteiger partial charge in [0.2, 0.25) is 0 Å². The third kappa shape index (κ3) is 3.94. The van der Waals surface area contributed by atoms with Crippen LogP contribution in [0.4, 0.5) is 0 Å². The van der Waals surface area contributed by atoms with E-state index in [9.17, 15) is 0 Å². The van der Waals surface area contributed by atoms with Crippen LogP contribution in [0.3, 0.4) is 0 Å². The maximum atomic E-state index is 5.61. The van der Waals surface area contributed by atoms with Crippen LogP contribution < -0.4 is 5.73 Å². The zero-order valence-electron chi connectivity index (χ0n) is 11.4. The summed E-state index contributed by atoms with van der Waals surface area (Å²) in [7, 11) is 2.34. The number of likely N-dealkylation sites (tertiary alicyclic amines) is 1. The lowest BCUT2D eigenvalue weighted by molar-refractivity contribution is 0.138. The highest BCUT2D eigenvalue weighted by Crippen LogP contribution is 2.25. The van der Waals surface area contributed by atoms with E-state index in [0.717, 1.165) is 25.0 Å². The van der Waals surface area contributed by atoms with Crippen molar-refractivity contribution in [1.29, 1.82) is 0 Å². The Morgan fingerprint density at radius 1 is 1.12 bits per heavy atom. The molecule has 0 radical (unpaired) electrons. The van der Waals surface area contributed by atoms with Gasteiger partial charge in [0.15, 0.2) is 0 Å². The molecule has 3 nitrogen and oxygen atoms in total. The molecule has 0 aromatic heterocycles. The van der Waals surface area contributed by atoms with Gasteiger partial charge in [0, 0.05) is 25.7 Å². The van der Waals surface area contributed by atoms with Gasteiger partial charge in [0.1, 0.15) is 0 Å². The number of rotatable bonds is 5. The van der Waals surface area contributed by atoms with Crippen LogP contribution >= 0.6 is 0 Å². The van der Waals surface area contributed by atoms with Crippen LogP contribution in [0.25, 0.3) is 0 Å². The molecule has 2 aliphatic rings. The standard InChI is InChI=1S/C14H29N3/c1-16(14-4-2-3-5-14)12-13-6-9-17(10-7-13)11-8-15/h13-14H,2-12,15H2,1H3. The summed E-state index contributed by atoms with van der Waals surface area (Å²) in [6.45, 7) is 5.75. The van der Waals surface area contributed by atoms with Gasteiger partial charge in [0.05, 0.1) is 0 Å². The SMILES string of the molecule is CN(CC1CCN(CCN)CC1)C1CCCC1. The molecule has 1 aliphatic heterocycles. The summed E-state index contributed by atoms with van der Waals surface area (Å²) in [6.07, 6.45) is 8.51. The summed E-state index contributed by atoms with van der Waals surface area (Å²) >= 11 is 0. The molecule has 1 saturated carbocycles. The molecule has 0 atom stereocenters. The minimum Gasteiger partial charge on any atom is -0.329 e. The van der Waals surface area contributed by atoms with Gasteiger partial charge in [-0.1, -0.05) is 12.8 Å². The monoisotopic (exact) mass is 239 g/mol. The highest BCUT2D eigenvalue weighted by molar-refractivity contribution is 4.79. The molecule has 2 rings (SSSR count). The second kappa shape index (κ2) is 6.72. The zero-order chi connectivity index (χ0) is 12.1. The Morgan fingerprint density at radius 3 is 2.35 bits per heavy atom. The van der Waals surface area contributed by atoms with Crippen molar-refractivity contribution in [3.63, 3.8) is 0 Å². The lowest BCUT2D eigenvalue weighted by atomic mass is 9.95. The van der Waals surface area contributed by atoms with Gasteiger partial charge in [-0.25, -0.2) is 0 Å². The van der Waals surface area contributed by atoms with Crippen molar-refractivity contribution in [2.24, 2.45) is 11.7 Å². The Labute approximate surface area is 106 Å². The number of piperidine rings is 1. The molecule has 100 valence electrons. The topological polar surface area (TPSA) is 32.5 Å². The molecule has 0 unspecified atom stereocenters. The molecule has 0 aromatic rings. The van der Waals surface area contributed by atoms with Crippen molar-refractivity contribution >= 4 is 0 Å². The van der Waals surface area contributed by atoms with E-state index >= 15 is 0 Å². The number of hydrogen-bond acceptors (Lipinski definition) is 3. The lowest BCUT2D eigenvalue weighted by Crippen LogP contribution is -2.41. The van der Waals surface area contributed by atoms with Crippen molar-refractivity contribution < 1.29 is 0 Å². The van der Waals surface area contributed by atoms with E-state index in [1.165, 1.54) is 58.2 Å². The molecule has 1 heterocycles. The first-order chi connectivity index (χ1) is 8.29. The smallest absolute Gasteiger partial charge is 0.0105 e. The third-order valence-corrected chi connectivity index (χ3v) is 4.65. The van der Waals surface area contributed by atoms with Crippen molar-refractivity contribution in [3.05, 3.63) is 0 Å². The predicted octanol–water partition coefficient (Wildman–Crippen LogP) is 1.53. The molecule has 2 fully saturated rings. The van der Waals surface area contributed by atoms with Crippen LogP contribution in [0.15, 0.2) is 0 Å². The highest BCUT2D eigenvalue weighted by Gasteiger charge is 2.24. The van der Waals surface area contributed by atoms with E-state index in [-0.39, 0.29) is 0 Å². The largest absolute Gasteiger partial charge is 0.329 e. The molecule has 0 bridgehead atoms. The second-order valence-electron chi connectivity index (χ2n) is 5.95. The quantitative estimate of drug-likeness (QED) is 0.790. The van der Waals surface area contributed by atoms with Gasteiger partial charge in [0.25, 0.3) is 0 Å². The predicted molar refractivity (Wildman–Crippen MR) is 73.1 cm³/mol. The molecular formula is C14H29N3. The van der Waals surface area contributed by atoms with E-state index in [2.05, 4.69) is 16.8 Å². The molecule has 0 amide bonds. The van der Waals surface area contributed by atoms with Crippen LogP contribution in [0.2, 0.25) is 0 Å². The van der Waals surface area contributed by atoms with Gasteiger partial charge >= 0.3 is 0 Å². The van der Waals surface area contributed by atoms with Crippen molar-refractivity contribution in [2.45, 2.75) is 44.6 Å². The molecule has 0 spiro atoms. The maximum Gasteiger partial charge on any atom is 0.0105 e. The summed E-state index contributed by atoms with van der Waals surface area (Å²) < 4.78 is 0. The average molecular weight is 239 g/mol. The second-order valence-corrected chi connectivity index (χ2v) is 5.95. The van der Waals surface area contributed by atoms with Crippen LogP contribution in [-0.4, -0.2) is 55.6 Å². The Balaban J connectivity index is 1.66. The van der Waals surface area contributed by atoms with Crippen molar-refractivity contribution in [1.82, 2.24) is 9.80 Å². The number of hydrogen-bond donors (Lipinski definition) is 1. The Bertz CT molecular complexity index is 206. The molecule has 3 heteroatoms. The number of nitrogens with two attached hydrogens (primary N) is 1. The van der Waals surface area contributed by atoms with Crippen LogP contribution in [-0.2, 0) is 0 Å². The van der Waals surface area contributed by atoms with Gasteiger partial charge in [-0.05, 0) is 51.7 Å². The first-order valence-electron chi connectivity index (χ1n) is 7.42. The maximum absolute atomic E-state index is 5.61. The van der Waals surface area contributed by atoms with Gasteiger partial charge in [-0.15, -0.1) is 0 Å². The summed E-state index contributed by atoms with van der Waals surface area (Å²) in [5.41, 5.74) is 5.61. The normalized spacial score (nSPS) is 24.9. The first kappa shape index (κ1) is 13.3. The third-order valence-electron chi connectivity index (χ3n) is 4.65. The molecule has 1 saturated heterocycles. The Morgan fingerprint density at radius 2 is 1.76 bits per heavy atom. The highest BCUT2D eigenvalue weighted by atomic mass is 15.2. The minimum atomic E-state index is 0.812. The minimum absolute atomic E-state index is 0.812. The summed E-state index contributed by atoms with van der Waals surface area (Å²) in [5.74, 6) is 0.926. The van der Waals surface area contributed by atoms with E-state index in [1.54, 1.807) is 0 Å². The van der Waals surface area contributed by atoms with E-state index < -0.39 is 0 Å². The first-order valence-corrected chi connectivity index (χ1v) is 7.42.